The molecular formula is C13H17BrN4O. The molecule has 0 amide bonds. The van der Waals surface area contributed by atoms with Gasteiger partial charge in [-0.05, 0) is 41.4 Å². The third-order valence-electron chi connectivity index (χ3n) is 2.75. The van der Waals surface area contributed by atoms with Crippen LogP contribution < -0.4 is 10.6 Å². The number of rotatable bonds is 6. The van der Waals surface area contributed by atoms with Crippen LogP contribution in [0.2, 0.25) is 0 Å². The Morgan fingerprint density at radius 3 is 3.00 bits per heavy atom. The van der Waals surface area contributed by atoms with E-state index >= 15 is 0 Å². The second-order valence-corrected chi connectivity index (χ2v) is 5.16. The molecule has 6 heteroatoms. The van der Waals surface area contributed by atoms with Crippen LogP contribution in [0.15, 0.2) is 33.5 Å². The van der Waals surface area contributed by atoms with Crippen molar-refractivity contribution in [1.29, 1.82) is 0 Å². The van der Waals surface area contributed by atoms with Gasteiger partial charge in [0.15, 0.2) is 0 Å². The maximum absolute atomic E-state index is 5.32. The maximum atomic E-state index is 5.32. The molecule has 0 spiro atoms. The lowest BCUT2D eigenvalue weighted by Crippen LogP contribution is -2.17. The fourth-order valence-electron chi connectivity index (χ4n) is 1.71. The van der Waals surface area contributed by atoms with Gasteiger partial charge in [0.1, 0.15) is 11.6 Å². The van der Waals surface area contributed by atoms with E-state index in [1.165, 1.54) is 0 Å². The molecule has 0 bridgehead atoms. The van der Waals surface area contributed by atoms with Crippen LogP contribution in [0.5, 0.6) is 0 Å². The summed E-state index contributed by atoms with van der Waals surface area (Å²) in [5.41, 5.74) is 0. The zero-order valence-corrected chi connectivity index (χ0v) is 12.6. The monoisotopic (exact) mass is 324 g/mol. The Hall–Kier alpha value is -1.56. The molecule has 2 aromatic heterocycles. The van der Waals surface area contributed by atoms with Crippen molar-refractivity contribution < 1.29 is 4.42 Å². The zero-order chi connectivity index (χ0) is 13.7. The molecule has 0 saturated heterocycles. The number of aryl methyl sites for hydroxylation is 1. The third kappa shape index (κ3) is 3.96. The summed E-state index contributed by atoms with van der Waals surface area (Å²) < 4.78 is 6.18. The summed E-state index contributed by atoms with van der Waals surface area (Å²) in [7, 11) is 1.80. The smallest absolute Gasteiger partial charge is 0.224 e. The van der Waals surface area contributed by atoms with Crippen molar-refractivity contribution >= 4 is 27.7 Å². The highest BCUT2D eigenvalue weighted by molar-refractivity contribution is 9.10. The van der Waals surface area contributed by atoms with Crippen molar-refractivity contribution in [3.63, 3.8) is 0 Å². The second kappa shape index (κ2) is 6.56. The zero-order valence-electron chi connectivity index (χ0n) is 11.0. The first-order valence-corrected chi connectivity index (χ1v) is 6.97. The Bertz CT molecular complexity index is 515. The fourth-order valence-corrected chi connectivity index (χ4v) is 2.01. The molecule has 2 heterocycles. The average molecular weight is 325 g/mol. The number of aromatic nitrogens is 2. The van der Waals surface area contributed by atoms with Crippen molar-refractivity contribution in [3.8, 4) is 0 Å². The largest absolute Gasteiger partial charge is 0.469 e. The summed E-state index contributed by atoms with van der Waals surface area (Å²) in [4.78, 5) is 8.50. The molecule has 19 heavy (non-hydrogen) atoms. The summed E-state index contributed by atoms with van der Waals surface area (Å²) >= 11 is 3.44. The fraction of sp³-hybridized carbons (Fsp3) is 0.385. The number of furan rings is 1. The normalized spacial score (nSPS) is 12.2. The lowest BCUT2D eigenvalue weighted by Gasteiger charge is -2.15. The molecule has 1 unspecified atom stereocenters. The third-order valence-corrected chi connectivity index (χ3v) is 3.34. The quantitative estimate of drug-likeness (QED) is 0.853. The molecule has 0 aromatic carbocycles. The summed E-state index contributed by atoms with van der Waals surface area (Å²) in [6.07, 6.45) is 5.32. The van der Waals surface area contributed by atoms with E-state index in [0.717, 1.165) is 28.9 Å². The summed E-state index contributed by atoms with van der Waals surface area (Å²) in [6, 6.07) is 4.20. The second-order valence-electron chi connectivity index (χ2n) is 4.30. The molecule has 5 nitrogen and oxygen atoms in total. The molecule has 1 atom stereocenters. The minimum absolute atomic E-state index is 0.293. The molecule has 0 fully saturated rings. The summed E-state index contributed by atoms with van der Waals surface area (Å²) in [6.45, 7) is 2.12. The number of halogens is 1. The van der Waals surface area contributed by atoms with Gasteiger partial charge in [-0.1, -0.05) is 0 Å². The van der Waals surface area contributed by atoms with Crippen molar-refractivity contribution in [1.82, 2.24) is 9.97 Å². The van der Waals surface area contributed by atoms with E-state index in [9.17, 15) is 0 Å². The average Bonchev–Trinajstić information content (AvgIpc) is 2.92. The van der Waals surface area contributed by atoms with Crippen LogP contribution in [0.3, 0.4) is 0 Å². The van der Waals surface area contributed by atoms with E-state index in [4.69, 9.17) is 4.42 Å². The number of nitrogens with zero attached hydrogens (tertiary/aromatic N) is 2. The molecule has 0 aliphatic heterocycles. The lowest BCUT2D eigenvalue weighted by molar-refractivity contribution is 0.495. The van der Waals surface area contributed by atoms with E-state index in [0.29, 0.717) is 12.0 Å². The Kier molecular flexibility index (Phi) is 4.79. The van der Waals surface area contributed by atoms with Crippen molar-refractivity contribution in [2.45, 2.75) is 25.8 Å². The first-order valence-electron chi connectivity index (χ1n) is 6.18. The molecule has 0 aliphatic rings. The number of hydrogen-bond donors (Lipinski definition) is 2. The minimum Gasteiger partial charge on any atom is -0.469 e. The predicted octanol–water partition coefficient (Wildman–Crippen LogP) is 3.31. The molecule has 0 aliphatic carbocycles. The molecule has 0 saturated carbocycles. The highest BCUT2D eigenvalue weighted by Crippen LogP contribution is 2.21. The van der Waals surface area contributed by atoms with E-state index < -0.39 is 0 Å². The minimum atomic E-state index is 0.293. The van der Waals surface area contributed by atoms with Gasteiger partial charge < -0.3 is 15.1 Å². The predicted molar refractivity (Wildman–Crippen MR) is 79.4 cm³/mol. The molecule has 102 valence electrons. The standard InChI is InChI=1S/C13H17BrN4O/c1-9(5-6-10-4-3-7-19-10)17-12-11(14)8-16-13(15-2)18-12/h3-4,7-9H,5-6H2,1-2H3,(H2,15,16,17,18). The molecule has 2 N–H and O–H groups in total. The van der Waals surface area contributed by atoms with Gasteiger partial charge in [-0.2, -0.15) is 4.98 Å². The van der Waals surface area contributed by atoms with Gasteiger partial charge in [-0.15, -0.1) is 0 Å². The van der Waals surface area contributed by atoms with Gasteiger partial charge in [-0.3, -0.25) is 0 Å². The first-order chi connectivity index (χ1) is 9.19. The van der Waals surface area contributed by atoms with Crippen molar-refractivity contribution in [3.05, 3.63) is 34.8 Å². The molecular weight excluding hydrogens is 308 g/mol. The van der Waals surface area contributed by atoms with Crippen LogP contribution >= 0.6 is 15.9 Å². The van der Waals surface area contributed by atoms with Crippen LogP contribution in [0, 0.1) is 0 Å². The number of hydrogen-bond acceptors (Lipinski definition) is 5. The topological polar surface area (TPSA) is 63.0 Å². The SMILES string of the molecule is CNc1ncc(Br)c(NC(C)CCc2ccco2)n1. The van der Waals surface area contributed by atoms with Gasteiger partial charge in [-0.25, -0.2) is 4.98 Å². The molecule has 2 aromatic rings. The number of anilines is 2. The molecule has 0 radical (unpaired) electrons. The Morgan fingerprint density at radius 1 is 1.47 bits per heavy atom. The van der Waals surface area contributed by atoms with E-state index in [-0.39, 0.29) is 0 Å². The summed E-state index contributed by atoms with van der Waals surface area (Å²) in [5, 5.41) is 6.29. The highest BCUT2D eigenvalue weighted by atomic mass is 79.9. The van der Waals surface area contributed by atoms with Crippen LogP contribution in [0.25, 0.3) is 0 Å². The van der Waals surface area contributed by atoms with E-state index in [2.05, 4.69) is 43.5 Å². The van der Waals surface area contributed by atoms with E-state index in [1.54, 1.807) is 19.5 Å². The lowest BCUT2D eigenvalue weighted by atomic mass is 10.1. The van der Waals surface area contributed by atoms with Gasteiger partial charge in [0.05, 0.1) is 10.7 Å². The van der Waals surface area contributed by atoms with Crippen LogP contribution in [0.4, 0.5) is 11.8 Å². The van der Waals surface area contributed by atoms with E-state index in [1.807, 2.05) is 12.1 Å². The van der Waals surface area contributed by atoms with Crippen molar-refractivity contribution in [2.75, 3.05) is 17.7 Å². The first kappa shape index (κ1) is 13.9. The van der Waals surface area contributed by atoms with Gasteiger partial charge in [0, 0.05) is 25.7 Å². The molecule has 2 rings (SSSR count). The van der Waals surface area contributed by atoms with Gasteiger partial charge >= 0.3 is 0 Å². The maximum Gasteiger partial charge on any atom is 0.224 e. The number of nitrogens with one attached hydrogen (secondary N) is 2. The highest BCUT2D eigenvalue weighted by Gasteiger charge is 2.09. The van der Waals surface area contributed by atoms with Gasteiger partial charge in [0.25, 0.3) is 0 Å². The van der Waals surface area contributed by atoms with Gasteiger partial charge in [0.2, 0.25) is 5.95 Å². The van der Waals surface area contributed by atoms with Crippen LogP contribution in [0.1, 0.15) is 19.1 Å². The van der Waals surface area contributed by atoms with Crippen LogP contribution in [-0.2, 0) is 6.42 Å². The Labute approximate surface area is 121 Å². The Balaban J connectivity index is 1.92. The Morgan fingerprint density at radius 2 is 2.32 bits per heavy atom. The summed E-state index contributed by atoms with van der Waals surface area (Å²) in [5.74, 6) is 2.40. The van der Waals surface area contributed by atoms with Crippen LogP contribution in [-0.4, -0.2) is 23.1 Å². The van der Waals surface area contributed by atoms with Crippen molar-refractivity contribution in [2.24, 2.45) is 0 Å².